The van der Waals surface area contributed by atoms with Crippen molar-refractivity contribution < 1.29 is 4.79 Å². The fourth-order valence-electron chi connectivity index (χ4n) is 4.40. The van der Waals surface area contributed by atoms with E-state index in [1.54, 1.807) is 17.7 Å². The van der Waals surface area contributed by atoms with Crippen molar-refractivity contribution in [1.82, 2.24) is 25.1 Å². The molecule has 31 heavy (non-hydrogen) atoms. The van der Waals surface area contributed by atoms with E-state index < -0.39 is 0 Å². The summed E-state index contributed by atoms with van der Waals surface area (Å²) in [6.07, 6.45) is 3.37. The number of carbonyl (C=O) groups is 1. The van der Waals surface area contributed by atoms with Crippen LogP contribution < -0.4 is 10.2 Å². The van der Waals surface area contributed by atoms with Crippen LogP contribution in [0.1, 0.15) is 41.6 Å². The van der Waals surface area contributed by atoms with E-state index in [9.17, 15) is 4.79 Å². The Balaban J connectivity index is 1.31. The third kappa shape index (κ3) is 4.59. The second-order valence-electron chi connectivity index (χ2n) is 8.88. The molecule has 0 aliphatic carbocycles. The summed E-state index contributed by atoms with van der Waals surface area (Å²) in [5.41, 5.74) is 3.47. The first kappa shape index (κ1) is 21.7. The van der Waals surface area contributed by atoms with Crippen LogP contribution in [0.4, 0.5) is 5.82 Å². The first-order chi connectivity index (χ1) is 14.8. The van der Waals surface area contributed by atoms with Gasteiger partial charge in [0.2, 0.25) is 5.91 Å². The number of piperidine rings is 1. The van der Waals surface area contributed by atoms with Crippen LogP contribution >= 0.6 is 11.3 Å². The van der Waals surface area contributed by atoms with Crippen LogP contribution in [-0.2, 0) is 11.3 Å². The zero-order valence-electron chi connectivity index (χ0n) is 19.1. The summed E-state index contributed by atoms with van der Waals surface area (Å²) in [6, 6.07) is 2.09. The average Bonchev–Trinajstić information content (AvgIpc) is 3.23. The lowest BCUT2D eigenvalue weighted by Crippen LogP contribution is -2.42. The van der Waals surface area contributed by atoms with Gasteiger partial charge in [-0.2, -0.15) is 5.10 Å². The lowest BCUT2D eigenvalue weighted by molar-refractivity contribution is -0.125. The molecule has 1 aliphatic heterocycles. The number of nitrogens with one attached hydrogen (secondary N) is 1. The summed E-state index contributed by atoms with van der Waals surface area (Å²) < 4.78 is 2.03. The first-order valence-corrected chi connectivity index (χ1v) is 11.9. The van der Waals surface area contributed by atoms with Crippen LogP contribution in [0.25, 0.3) is 10.2 Å². The molecule has 7 nitrogen and oxygen atoms in total. The van der Waals surface area contributed by atoms with Crippen LogP contribution in [-0.4, -0.2) is 45.3 Å². The summed E-state index contributed by atoms with van der Waals surface area (Å²) >= 11 is 1.73. The van der Waals surface area contributed by atoms with Crippen molar-refractivity contribution in [3.63, 3.8) is 0 Å². The molecule has 0 spiro atoms. The average molecular weight is 441 g/mol. The smallest absolute Gasteiger partial charge is 0.223 e. The number of fused-ring (bicyclic) bond motifs is 1. The predicted molar refractivity (Wildman–Crippen MR) is 126 cm³/mol. The lowest BCUT2D eigenvalue weighted by Gasteiger charge is -2.32. The molecule has 1 atom stereocenters. The Kier molecular flexibility index (Phi) is 6.27. The van der Waals surface area contributed by atoms with Crippen LogP contribution in [0.3, 0.4) is 0 Å². The fraction of sp³-hybridized carbons (Fsp3) is 0.565. The number of amides is 1. The second kappa shape index (κ2) is 8.94. The highest BCUT2D eigenvalue weighted by molar-refractivity contribution is 7.18. The first-order valence-electron chi connectivity index (χ1n) is 11.1. The third-order valence-electron chi connectivity index (χ3n) is 6.32. The number of rotatable bonds is 6. The van der Waals surface area contributed by atoms with Crippen LogP contribution in [0, 0.1) is 39.5 Å². The molecule has 3 aromatic heterocycles. The van der Waals surface area contributed by atoms with Gasteiger partial charge in [-0.1, -0.05) is 6.92 Å². The highest BCUT2D eigenvalue weighted by Gasteiger charge is 2.27. The highest BCUT2D eigenvalue weighted by Crippen LogP contribution is 2.35. The molecule has 166 valence electrons. The zero-order valence-corrected chi connectivity index (χ0v) is 19.9. The molecule has 1 fully saturated rings. The van der Waals surface area contributed by atoms with Gasteiger partial charge in [0.05, 0.1) is 11.1 Å². The fourth-order valence-corrected chi connectivity index (χ4v) is 5.39. The summed E-state index contributed by atoms with van der Waals surface area (Å²) in [7, 11) is 0. The van der Waals surface area contributed by atoms with Gasteiger partial charge in [0.15, 0.2) is 0 Å². The van der Waals surface area contributed by atoms with Gasteiger partial charge >= 0.3 is 0 Å². The Labute approximate surface area is 187 Å². The van der Waals surface area contributed by atoms with Crippen LogP contribution in [0.2, 0.25) is 0 Å². The molecule has 1 unspecified atom stereocenters. The van der Waals surface area contributed by atoms with Gasteiger partial charge in [0.1, 0.15) is 17.0 Å². The summed E-state index contributed by atoms with van der Waals surface area (Å²) in [5, 5.41) is 8.87. The minimum Gasteiger partial charge on any atom is -0.356 e. The predicted octanol–water partition coefficient (Wildman–Crippen LogP) is 3.79. The zero-order chi connectivity index (χ0) is 22.1. The van der Waals surface area contributed by atoms with Gasteiger partial charge in [-0.25, -0.2) is 9.97 Å². The molecule has 8 heteroatoms. The van der Waals surface area contributed by atoms with Crippen LogP contribution in [0.15, 0.2) is 12.4 Å². The molecule has 1 saturated heterocycles. The number of aromatic nitrogens is 4. The van der Waals surface area contributed by atoms with Gasteiger partial charge in [0, 0.05) is 42.7 Å². The van der Waals surface area contributed by atoms with Gasteiger partial charge in [0.25, 0.3) is 0 Å². The number of anilines is 1. The minimum atomic E-state index is 0.0692. The summed E-state index contributed by atoms with van der Waals surface area (Å²) in [6.45, 7) is 13.7. The van der Waals surface area contributed by atoms with Gasteiger partial charge in [-0.15, -0.1) is 11.3 Å². The molecule has 4 heterocycles. The third-order valence-corrected chi connectivity index (χ3v) is 7.44. The number of hydrogen-bond donors (Lipinski definition) is 1. The maximum Gasteiger partial charge on any atom is 0.223 e. The number of nitrogens with zero attached hydrogens (tertiary/aromatic N) is 5. The van der Waals surface area contributed by atoms with Gasteiger partial charge in [-0.3, -0.25) is 9.48 Å². The molecule has 1 aliphatic rings. The van der Waals surface area contributed by atoms with E-state index in [0.29, 0.717) is 12.5 Å². The molecule has 0 radical (unpaired) electrons. The largest absolute Gasteiger partial charge is 0.356 e. The van der Waals surface area contributed by atoms with Crippen molar-refractivity contribution in [3.8, 4) is 0 Å². The van der Waals surface area contributed by atoms with E-state index in [2.05, 4.69) is 59.0 Å². The van der Waals surface area contributed by atoms with Crippen molar-refractivity contribution in [2.24, 2.45) is 11.8 Å². The molecule has 4 rings (SSSR count). The number of thiophene rings is 1. The van der Waals surface area contributed by atoms with Crippen molar-refractivity contribution in [3.05, 3.63) is 34.2 Å². The Hall–Kier alpha value is -2.48. The Morgan fingerprint density at radius 2 is 1.97 bits per heavy atom. The number of aryl methyl sites for hydroxylation is 4. The van der Waals surface area contributed by atoms with E-state index in [1.165, 1.54) is 15.8 Å². The summed E-state index contributed by atoms with van der Waals surface area (Å²) in [5.74, 6) is 1.60. The molecule has 0 saturated carbocycles. The minimum absolute atomic E-state index is 0.0692. The Morgan fingerprint density at radius 3 is 2.65 bits per heavy atom. The maximum atomic E-state index is 12.8. The lowest BCUT2D eigenvalue weighted by atomic mass is 9.95. The van der Waals surface area contributed by atoms with E-state index in [4.69, 9.17) is 0 Å². The SMILES string of the molecule is Cc1cc(C)n(CC(C)CNC(=O)C2CCN(c3ncnc4sc(C)c(C)c34)CC2)n1. The van der Waals surface area contributed by atoms with E-state index in [-0.39, 0.29) is 11.8 Å². The topological polar surface area (TPSA) is 75.9 Å². The van der Waals surface area contributed by atoms with Crippen molar-refractivity contribution >= 4 is 33.3 Å². The maximum absolute atomic E-state index is 12.8. The van der Waals surface area contributed by atoms with Crippen molar-refractivity contribution in [2.75, 3.05) is 24.5 Å². The Bertz CT molecular complexity index is 1080. The molecule has 1 amide bonds. The van der Waals surface area contributed by atoms with E-state index in [0.717, 1.165) is 54.5 Å². The molecule has 1 N–H and O–H groups in total. The molecule has 3 aromatic rings. The van der Waals surface area contributed by atoms with E-state index in [1.807, 2.05) is 11.6 Å². The molecule has 0 aromatic carbocycles. The quantitative estimate of drug-likeness (QED) is 0.631. The summed E-state index contributed by atoms with van der Waals surface area (Å²) in [4.78, 5) is 26.5. The number of hydrogen-bond acceptors (Lipinski definition) is 6. The monoisotopic (exact) mass is 440 g/mol. The van der Waals surface area contributed by atoms with Gasteiger partial charge in [-0.05, 0) is 58.1 Å². The van der Waals surface area contributed by atoms with E-state index >= 15 is 0 Å². The van der Waals surface area contributed by atoms with Crippen LogP contribution in [0.5, 0.6) is 0 Å². The number of carbonyl (C=O) groups excluding carboxylic acids is 1. The standard InChI is InChI=1S/C23H32N6OS/c1-14(12-29-16(3)10-15(2)27-29)11-24-22(30)19-6-8-28(9-7-19)21-20-17(4)18(5)31-23(20)26-13-25-21/h10,13-14,19H,6-9,11-12H2,1-5H3,(H,24,30). The normalized spacial score (nSPS) is 16.1. The highest BCUT2D eigenvalue weighted by atomic mass is 32.1. The molecule has 0 bridgehead atoms. The van der Waals surface area contributed by atoms with Crippen molar-refractivity contribution in [2.45, 2.75) is 54.0 Å². The molecular weight excluding hydrogens is 408 g/mol. The molecular formula is C23H32N6OS. The van der Waals surface area contributed by atoms with Crippen molar-refractivity contribution in [1.29, 1.82) is 0 Å². The Morgan fingerprint density at radius 1 is 1.23 bits per heavy atom. The second-order valence-corrected chi connectivity index (χ2v) is 10.1. The van der Waals surface area contributed by atoms with Gasteiger partial charge < -0.3 is 10.2 Å².